The molecule has 1 aromatic carbocycles. The molecule has 0 heterocycles. The van der Waals surface area contributed by atoms with Crippen LogP contribution in [0.5, 0.6) is 0 Å². The second-order valence-corrected chi connectivity index (χ2v) is 5.46. The van der Waals surface area contributed by atoms with Gasteiger partial charge in [0.25, 0.3) is 0 Å². The first-order chi connectivity index (χ1) is 8.12. The third-order valence-corrected chi connectivity index (χ3v) is 3.04. The lowest BCUT2D eigenvalue weighted by atomic mass is 9.88. The number of hydrogen-bond donors (Lipinski definition) is 3. The Hall–Kier alpha value is -1.78. The molecular formula is C13H19FN2O2. The molecule has 0 aliphatic heterocycles. The minimum atomic E-state index is -1.32. The molecule has 0 aromatic heterocycles. The molecule has 1 unspecified atom stereocenters. The summed E-state index contributed by atoms with van der Waals surface area (Å²) in [5, 5.41) is 11.9. The van der Waals surface area contributed by atoms with E-state index in [1.165, 1.54) is 0 Å². The molecular weight excluding hydrogens is 235 g/mol. The van der Waals surface area contributed by atoms with Crippen molar-refractivity contribution in [2.24, 2.45) is 5.41 Å². The SMILES string of the molecule is CC(Nc1cc(F)c(C(=O)O)cc1N)C(C)(C)C. The standard InChI is InChI=1S/C13H19FN2O2/c1-7(13(2,3)4)16-11-6-9(14)8(12(17)18)5-10(11)15/h5-7,16H,15H2,1-4H3,(H,17,18). The number of hydrogen-bond acceptors (Lipinski definition) is 3. The van der Waals surface area contributed by atoms with Gasteiger partial charge >= 0.3 is 5.97 Å². The van der Waals surface area contributed by atoms with Gasteiger partial charge in [-0.3, -0.25) is 0 Å². The molecule has 4 nitrogen and oxygen atoms in total. The van der Waals surface area contributed by atoms with Crippen molar-refractivity contribution in [2.75, 3.05) is 11.1 Å². The number of nitrogen functional groups attached to an aromatic ring is 1. The van der Waals surface area contributed by atoms with Gasteiger partial charge in [0.05, 0.1) is 16.9 Å². The Labute approximate surface area is 106 Å². The minimum Gasteiger partial charge on any atom is -0.478 e. The van der Waals surface area contributed by atoms with E-state index in [4.69, 9.17) is 10.8 Å². The van der Waals surface area contributed by atoms with Crippen LogP contribution in [0, 0.1) is 11.2 Å². The number of aromatic carboxylic acids is 1. The lowest BCUT2D eigenvalue weighted by molar-refractivity contribution is 0.0692. The number of carboxylic acid groups (broad SMARTS) is 1. The number of anilines is 2. The van der Waals surface area contributed by atoms with Crippen molar-refractivity contribution in [3.8, 4) is 0 Å². The molecule has 0 bridgehead atoms. The van der Waals surface area contributed by atoms with Gasteiger partial charge in [-0.1, -0.05) is 20.8 Å². The summed E-state index contributed by atoms with van der Waals surface area (Å²) in [6.45, 7) is 8.09. The number of benzene rings is 1. The van der Waals surface area contributed by atoms with E-state index in [0.29, 0.717) is 5.69 Å². The van der Waals surface area contributed by atoms with Crippen molar-refractivity contribution in [3.05, 3.63) is 23.5 Å². The lowest BCUT2D eigenvalue weighted by Crippen LogP contribution is -2.31. The van der Waals surface area contributed by atoms with Crippen LogP contribution in [0.2, 0.25) is 0 Å². The maximum Gasteiger partial charge on any atom is 0.338 e. The Morgan fingerprint density at radius 2 is 2.00 bits per heavy atom. The lowest BCUT2D eigenvalue weighted by Gasteiger charge is -2.29. The number of nitrogens with two attached hydrogens (primary N) is 1. The summed E-state index contributed by atoms with van der Waals surface area (Å²) in [6, 6.07) is 2.33. The number of halogens is 1. The molecule has 0 aliphatic carbocycles. The Morgan fingerprint density at radius 1 is 1.44 bits per heavy atom. The summed E-state index contributed by atoms with van der Waals surface area (Å²) in [4.78, 5) is 10.8. The minimum absolute atomic E-state index is 0.0195. The molecule has 0 saturated carbocycles. The van der Waals surface area contributed by atoms with Gasteiger partial charge in [-0.2, -0.15) is 0 Å². The zero-order chi connectivity index (χ0) is 14.1. The van der Waals surface area contributed by atoms with Gasteiger partial charge in [-0.25, -0.2) is 9.18 Å². The van der Waals surface area contributed by atoms with Gasteiger partial charge in [-0.05, 0) is 24.5 Å². The predicted molar refractivity (Wildman–Crippen MR) is 70.3 cm³/mol. The van der Waals surface area contributed by atoms with Gasteiger partial charge < -0.3 is 16.2 Å². The molecule has 0 radical (unpaired) electrons. The summed E-state index contributed by atoms with van der Waals surface area (Å²) in [7, 11) is 0. The van der Waals surface area contributed by atoms with E-state index in [0.717, 1.165) is 12.1 Å². The Kier molecular flexibility index (Phi) is 3.84. The molecule has 0 aliphatic rings. The first kappa shape index (κ1) is 14.3. The molecule has 1 rings (SSSR count). The first-order valence-corrected chi connectivity index (χ1v) is 5.71. The summed E-state index contributed by atoms with van der Waals surface area (Å²) < 4.78 is 13.6. The topological polar surface area (TPSA) is 75.3 Å². The largest absolute Gasteiger partial charge is 0.478 e. The smallest absolute Gasteiger partial charge is 0.338 e. The quantitative estimate of drug-likeness (QED) is 0.725. The van der Waals surface area contributed by atoms with E-state index in [1.807, 2.05) is 27.7 Å². The van der Waals surface area contributed by atoms with Crippen LogP contribution < -0.4 is 11.1 Å². The van der Waals surface area contributed by atoms with Crippen LogP contribution in [0.15, 0.2) is 12.1 Å². The summed E-state index contributed by atoms with van der Waals surface area (Å²) in [5.74, 6) is -2.12. The summed E-state index contributed by atoms with van der Waals surface area (Å²) in [5.41, 5.74) is 5.94. The third kappa shape index (κ3) is 3.12. The molecule has 0 amide bonds. The predicted octanol–water partition coefficient (Wildman–Crippen LogP) is 2.95. The third-order valence-electron chi connectivity index (χ3n) is 3.04. The maximum atomic E-state index is 13.6. The fourth-order valence-electron chi connectivity index (χ4n) is 1.33. The van der Waals surface area contributed by atoms with Gasteiger partial charge in [0.1, 0.15) is 5.82 Å². The van der Waals surface area contributed by atoms with Gasteiger partial charge in [-0.15, -0.1) is 0 Å². The van der Waals surface area contributed by atoms with Crippen molar-refractivity contribution in [2.45, 2.75) is 33.7 Å². The molecule has 0 spiro atoms. The van der Waals surface area contributed by atoms with Crippen molar-refractivity contribution in [1.82, 2.24) is 0 Å². The van der Waals surface area contributed by atoms with E-state index in [1.54, 1.807) is 0 Å². The molecule has 1 aromatic rings. The van der Waals surface area contributed by atoms with Crippen LogP contribution in [0.25, 0.3) is 0 Å². The van der Waals surface area contributed by atoms with Crippen LogP contribution in [0.3, 0.4) is 0 Å². The van der Waals surface area contributed by atoms with Crippen LogP contribution in [-0.2, 0) is 0 Å². The van der Waals surface area contributed by atoms with Crippen LogP contribution in [0.1, 0.15) is 38.1 Å². The molecule has 0 fully saturated rings. The summed E-state index contributed by atoms with van der Waals surface area (Å²) >= 11 is 0. The molecule has 0 saturated heterocycles. The van der Waals surface area contributed by atoms with E-state index < -0.39 is 17.3 Å². The second kappa shape index (κ2) is 4.84. The van der Waals surface area contributed by atoms with E-state index in [2.05, 4.69) is 5.32 Å². The molecule has 4 N–H and O–H groups in total. The fraction of sp³-hybridized carbons (Fsp3) is 0.462. The number of rotatable bonds is 3. The monoisotopic (exact) mass is 254 g/mol. The number of carboxylic acids is 1. The van der Waals surface area contributed by atoms with E-state index >= 15 is 0 Å². The Morgan fingerprint density at radius 3 is 2.44 bits per heavy atom. The second-order valence-electron chi connectivity index (χ2n) is 5.46. The van der Waals surface area contributed by atoms with Gasteiger partial charge in [0, 0.05) is 6.04 Å². The van der Waals surface area contributed by atoms with Crippen molar-refractivity contribution >= 4 is 17.3 Å². The van der Waals surface area contributed by atoms with Gasteiger partial charge in [0.15, 0.2) is 0 Å². The van der Waals surface area contributed by atoms with E-state index in [9.17, 15) is 9.18 Å². The molecule has 18 heavy (non-hydrogen) atoms. The van der Waals surface area contributed by atoms with Crippen LogP contribution in [-0.4, -0.2) is 17.1 Å². The zero-order valence-corrected chi connectivity index (χ0v) is 11.0. The van der Waals surface area contributed by atoms with Crippen LogP contribution >= 0.6 is 0 Å². The van der Waals surface area contributed by atoms with Crippen molar-refractivity contribution in [3.63, 3.8) is 0 Å². The average Bonchev–Trinajstić information content (AvgIpc) is 2.21. The highest BCUT2D eigenvalue weighted by Gasteiger charge is 2.21. The normalized spacial score (nSPS) is 13.2. The van der Waals surface area contributed by atoms with Crippen molar-refractivity contribution in [1.29, 1.82) is 0 Å². The van der Waals surface area contributed by atoms with Crippen molar-refractivity contribution < 1.29 is 14.3 Å². The average molecular weight is 254 g/mol. The molecule has 100 valence electrons. The Bertz CT molecular complexity index is 467. The highest BCUT2D eigenvalue weighted by Crippen LogP contribution is 2.28. The fourth-order valence-corrected chi connectivity index (χ4v) is 1.33. The Balaban J connectivity index is 3.06. The van der Waals surface area contributed by atoms with Gasteiger partial charge in [0.2, 0.25) is 0 Å². The number of nitrogens with one attached hydrogen (secondary N) is 1. The first-order valence-electron chi connectivity index (χ1n) is 5.71. The molecule has 1 atom stereocenters. The molecule has 5 heteroatoms. The zero-order valence-electron chi connectivity index (χ0n) is 11.0. The summed E-state index contributed by atoms with van der Waals surface area (Å²) in [6.07, 6.45) is 0. The van der Waals surface area contributed by atoms with Crippen LogP contribution in [0.4, 0.5) is 15.8 Å². The number of carbonyl (C=O) groups is 1. The highest BCUT2D eigenvalue weighted by atomic mass is 19.1. The highest BCUT2D eigenvalue weighted by molar-refractivity contribution is 5.90. The van der Waals surface area contributed by atoms with E-state index in [-0.39, 0.29) is 17.1 Å². The maximum absolute atomic E-state index is 13.6.